The van der Waals surface area contributed by atoms with Crippen LogP contribution in [-0.2, 0) is 4.74 Å². The van der Waals surface area contributed by atoms with Crippen LogP contribution in [0.1, 0.15) is 23.6 Å². The Morgan fingerprint density at radius 1 is 1.27 bits per heavy atom. The highest BCUT2D eigenvalue weighted by molar-refractivity contribution is 5.44. The van der Waals surface area contributed by atoms with E-state index in [-0.39, 0.29) is 5.60 Å². The zero-order chi connectivity index (χ0) is 11.1. The third-order valence-electron chi connectivity index (χ3n) is 3.03. The van der Waals surface area contributed by atoms with Gasteiger partial charge >= 0.3 is 0 Å². The molecule has 1 saturated heterocycles. The highest BCUT2D eigenvalue weighted by atomic mass is 16.6. The van der Waals surface area contributed by atoms with Crippen molar-refractivity contribution < 1.29 is 9.47 Å². The minimum Gasteiger partial charge on any atom is -0.490 e. The summed E-state index contributed by atoms with van der Waals surface area (Å²) in [5.74, 6) is 1.02. The Balaban J connectivity index is 2.16. The number of hydrogen-bond donors (Lipinski definition) is 0. The maximum atomic E-state index is 5.85. The van der Waals surface area contributed by atoms with Gasteiger partial charge in [0.25, 0.3) is 0 Å². The van der Waals surface area contributed by atoms with E-state index in [2.05, 4.69) is 39.8 Å². The van der Waals surface area contributed by atoms with Crippen LogP contribution < -0.4 is 4.74 Å². The first-order valence-corrected chi connectivity index (χ1v) is 5.35. The maximum Gasteiger partial charge on any atom is 0.125 e. The number of ether oxygens (including phenoxy) is 2. The molecule has 0 N–H and O–H groups in total. The second kappa shape index (κ2) is 3.53. The molecule has 1 aromatic rings. The van der Waals surface area contributed by atoms with Crippen LogP contribution in [0, 0.1) is 20.8 Å². The SMILES string of the molecule is Cc1ccc(C)c(OCC2(C)CO2)c1C. The zero-order valence-corrected chi connectivity index (χ0v) is 9.89. The van der Waals surface area contributed by atoms with Gasteiger partial charge in [0.05, 0.1) is 6.61 Å². The molecule has 82 valence electrons. The summed E-state index contributed by atoms with van der Waals surface area (Å²) in [6.07, 6.45) is 0. The fraction of sp³-hybridized carbons (Fsp3) is 0.538. The van der Waals surface area contributed by atoms with Crippen LogP contribution in [0.25, 0.3) is 0 Å². The molecule has 0 radical (unpaired) electrons. The summed E-state index contributed by atoms with van der Waals surface area (Å²) in [5.41, 5.74) is 3.67. The summed E-state index contributed by atoms with van der Waals surface area (Å²) in [6.45, 7) is 9.84. The van der Waals surface area contributed by atoms with Crippen molar-refractivity contribution in [2.75, 3.05) is 13.2 Å². The van der Waals surface area contributed by atoms with Gasteiger partial charge in [0.15, 0.2) is 0 Å². The van der Waals surface area contributed by atoms with E-state index in [4.69, 9.17) is 9.47 Å². The van der Waals surface area contributed by atoms with Crippen molar-refractivity contribution in [3.8, 4) is 5.75 Å². The van der Waals surface area contributed by atoms with Crippen molar-refractivity contribution in [2.24, 2.45) is 0 Å². The molecule has 0 bridgehead atoms. The first-order valence-electron chi connectivity index (χ1n) is 5.35. The molecule has 0 amide bonds. The van der Waals surface area contributed by atoms with Gasteiger partial charge in [0.1, 0.15) is 18.0 Å². The Labute approximate surface area is 91.2 Å². The van der Waals surface area contributed by atoms with Crippen molar-refractivity contribution in [3.05, 3.63) is 28.8 Å². The molecule has 2 heteroatoms. The van der Waals surface area contributed by atoms with E-state index in [1.165, 1.54) is 16.7 Å². The lowest BCUT2D eigenvalue weighted by molar-refractivity contribution is 0.201. The van der Waals surface area contributed by atoms with E-state index >= 15 is 0 Å². The topological polar surface area (TPSA) is 21.8 Å². The summed E-state index contributed by atoms with van der Waals surface area (Å²) in [7, 11) is 0. The average molecular weight is 206 g/mol. The molecule has 0 saturated carbocycles. The van der Waals surface area contributed by atoms with E-state index in [1.54, 1.807) is 0 Å². The normalized spacial score (nSPS) is 24.0. The Hall–Kier alpha value is -1.02. The number of epoxide rings is 1. The molecule has 15 heavy (non-hydrogen) atoms. The van der Waals surface area contributed by atoms with Crippen LogP contribution in [0.3, 0.4) is 0 Å². The van der Waals surface area contributed by atoms with Crippen LogP contribution in [-0.4, -0.2) is 18.8 Å². The molecule has 1 unspecified atom stereocenters. The smallest absolute Gasteiger partial charge is 0.125 e. The predicted octanol–water partition coefficient (Wildman–Crippen LogP) is 2.78. The van der Waals surface area contributed by atoms with E-state index in [9.17, 15) is 0 Å². The van der Waals surface area contributed by atoms with E-state index in [0.717, 1.165) is 12.4 Å². The molecule has 1 atom stereocenters. The van der Waals surface area contributed by atoms with Gasteiger partial charge in [0, 0.05) is 0 Å². The van der Waals surface area contributed by atoms with Gasteiger partial charge in [-0.15, -0.1) is 0 Å². The quantitative estimate of drug-likeness (QED) is 0.709. The summed E-state index contributed by atoms with van der Waals surface area (Å²) >= 11 is 0. The number of hydrogen-bond acceptors (Lipinski definition) is 2. The highest BCUT2D eigenvalue weighted by Gasteiger charge is 2.40. The van der Waals surface area contributed by atoms with Crippen LogP contribution in [0.15, 0.2) is 12.1 Å². The Morgan fingerprint density at radius 3 is 2.47 bits per heavy atom. The second-order valence-corrected chi connectivity index (χ2v) is 4.68. The van der Waals surface area contributed by atoms with Gasteiger partial charge in [-0.25, -0.2) is 0 Å². The third kappa shape index (κ3) is 2.15. The largest absolute Gasteiger partial charge is 0.490 e. The summed E-state index contributed by atoms with van der Waals surface area (Å²) < 4.78 is 11.2. The van der Waals surface area contributed by atoms with Gasteiger partial charge in [-0.05, 0) is 44.4 Å². The van der Waals surface area contributed by atoms with Crippen LogP contribution in [0.5, 0.6) is 5.75 Å². The number of benzene rings is 1. The zero-order valence-electron chi connectivity index (χ0n) is 9.89. The lowest BCUT2D eigenvalue weighted by Crippen LogP contribution is -2.17. The number of aryl methyl sites for hydroxylation is 2. The first-order chi connectivity index (χ1) is 7.02. The summed E-state index contributed by atoms with van der Waals surface area (Å²) in [4.78, 5) is 0. The molecule has 0 spiro atoms. The molecule has 1 fully saturated rings. The second-order valence-electron chi connectivity index (χ2n) is 4.68. The molecule has 1 aromatic carbocycles. The Morgan fingerprint density at radius 2 is 1.87 bits per heavy atom. The summed E-state index contributed by atoms with van der Waals surface area (Å²) in [6, 6.07) is 4.24. The van der Waals surface area contributed by atoms with Crippen molar-refractivity contribution in [2.45, 2.75) is 33.3 Å². The lowest BCUT2D eigenvalue weighted by Gasteiger charge is -2.15. The van der Waals surface area contributed by atoms with Crippen molar-refractivity contribution in [1.82, 2.24) is 0 Å². The Bertz CT molecular complexity index is 378. The van der Waals surface area contributed by atoms with Crippen molar-refractivity contribution in [3.63, 3.8) is 0 Å². The highest BCUT2D eigenvalue weighted by Crippen LogP contribution is 2.30. The minimum absolute atomic E-state index is 0.0391. The van der Waals surface area contributed by atoms with E-state index < -0.39 is 0 Å². The lowest BCUT2D eigenvalue weighted by atomic mass is 10.1. The monoisotopic (exact) mass is 206 g/mol. The van der Waals surface area contributed by atoms with Gasteiger partial charge in [0.2, 0.25) is 0 Å². The van der Waals surface area contributed by atoms with Gasteiger partial charge in [-0.2, -0.15) is 0 Å². The summed E-state index contributed by atoms with van der Waals surface area (Å²) in [5, 5.41) is 0. The van der Waals surface area contributed by atoms with E-state index in [0.29, 0.717) is 6.61 Å². The molecule has 1 aliphatic rings. The fourth-order valence-corrected chi connectivity index (χ4v) is 1.58. The van der Waals surface area contributed by atoms with Crippen LogP contribution in [0.4, 0.5) is 0 Å². The molecule has 2 rings (SSSR count). The molecular weight excluding hydrogens is 188 g/mol. The molecule has 2 nitrogen and oxygen atoms in total. The standard InChI is InChI=1S/C13H18O2/c1-9-5-6-10(2)12(11(9)3)14-7-13(4)8-15-13/h5-6H,7-8H2,1-4H3. The van der Waals surface area contributed by atoms with E-state index in [1.807, 2.05) is 0 Å². The van der Waals surface area contributed by atoms with Crippen molar-refractivity contribution in [1.29, 1.82) is 0 Å². The van der Waals surface area contributed by atoms with Crippen LogP contribution in [0.2, 0.25) is 0 Å². The molecule has 0 aromatic heterocycles. The van der Waals surface area contributed by atoms with Gasteiger partial charge in [-0.1, -0.05) is 12.1 Å². The molecule has 1 heterocycles. The number of rotatable bonds is 3. The molecule has 0 aliphatic carbocycles. The van der Waals surface area contributed by atoms with Gasteiger partial charge < -0.3 is 9.47 Å². The fourth-order valence-electron chi connectivity index (χ4n) is 1.58. The average Bonchev–Trinajstić information content (AvgIpc) is 2.91. The van der Waals surface area contributed by atoms with Crippen molar-refractivity contribution >= 4 is 0 Å². The third-order valence-corrected chi connectivity index (χ3v) is 3.03. The van der Waals surface area contributed by atoms with Crippen LogP contribution >= 0.6 is 0 Å². The Kier molecular flexibility index (Phi) is 2.47. The first kappa shape index (κ1) is 10.5. The van der Waals surface area contributed by atoms with Gasteiger partial charge in [-0.3, -0.25) is 0 Å². The predicted molar refractivity (Wildman–Crippen MR) is 60.5 cm³/mol. The molecule has 1 aliphatic heterocycles. The minimum atomic E-state index is -0.0391. The maximum absolute atomic E-state index is 5.85. The molecular formula is C13H18O2.